The number of hydrazone groups is 1. The summed E-state index contributed by atoms with van der Waals surface area (Å²) in [7, 11) is 2.09. The lowest BCUT2D eigenvalue weighted by atomic mass is 9.80. The summed E-state index contributed by atoms with van der Waals surface area (Å²) in [4.78, 5) is 14.3. The molecule has 1 aliphatic rings. The molecule has 30 heavy (non-hydrogen) atoms. The van der Waals surface area contributed by atoms with Gasteiger partial charge in [-0.05, 0) is 62.1 Å². The summed E-state index contributed by atoms with van der Waals surface area (Å²) in [5.74, 6) is 0.350. The number of fused-ring (bicyclic) bond motifs is 1. The Hall–Kier alpha value is -1.95. The van der Waals surface area contributed by atoms with Gasteiger partial charge in [0, 0.05) is 28.9 Å². The maximum Gasteiger partial charge on any atom is 0.277 e. The van der Waals surface area contributed by atoms with Crippen molar-refractivity contribution >= 4 is 52.6 Å². The normalized spacial score (nSPS) is 17.7. The molecule has 1 amide bonds. The molecule has 5 nitrogen and oxygen atoms in total. The van der Waals surface area contributed by atoms with Gasteiger partial charge in [-0.25, -0.2) is 5.43 Å². The summed E-state index contributed by atoms with van der Waals surface area (Å²) in [5.41, 5.74) is 5.59. The first-order valence-corrected chi connectivity index (χ1v) is 10.7. The van der Waals surface area contributed by atoms with Crippen molar-refractivity contribution in [2.45, 2.75) is 38.6 Å². The summed E-state index contributed by atoms with van der Waals surface area (Å²) in [6.45, 7) is 6.44. The third kappa shape index (κ3) is 5.02. The molecule has 0 spiro atoms. The number of carbonyl (C=O) groups excluding carboxylic acids is 1. The molecule has 2 aromatic carbocycles. The van der Waals surface area contributed by atoms with Gasteiger partial charge in [-0.3, -0.25) is 4.79 Å². The SMILES string of the molecule is CC1CC(C)(C)N(C)c2cc(Cl)c(/C=N/NC(=O)COc3ccc(Cl)cc3Cl)cc21. The molecule has 0 bridgehead atoms. The summed E-state index contributed by atoms with van der Waals surface area (Å²) in [6, 6.07) is 8.78. The van der Waals surface area contributed by atoms with Crippen molar-refractivity contribution in [3.05, 3.63) is 56.5 Å². The Morgan fingerprint density at radius 2 is 2.00 bits per heavy atom. The van der Waals surface area contributed by atoms with Crippen LogP contribution in [-0.2, 0) is 4.79 Å². The van der Waals surface area contributed by atoms with Gasteiger partial charge < -0.3 is 9.64 Å². The Bertz CT molecular complexity index is 992. The van der Waals surface area contributed by atoms with Crippen molar-refractivity contribution in [1.82, 2.24) is 5.43 Å². The van der Waals surface area contributed by atoms with Crippen LogP contribution >= 0.6 is 34.8 Å². The highest BCUT2D eigenvalue weighted by Crippen LogP contribution is 2.44. The molecule has 0 aliphatic carbocycles. The van der Waals surface area contributed by atoms with Gasteiger partial charge in [0.25, 0.3) is 5.91 Å². The highest BCUT2D eigenvalue weighted by molar-refractivity contribution is 6.35. The van der Waals surface area contributed by atoms with Gasteiger partial charge in [0.05, 0.1) is 16.3 Å². The standard InChI is InChI=1S/C22H24Cl3N3O2/c1-13-10-22(2,3)28(4)19-9-17(24)14(7-16(13)19)11-26-27-21(29)12-30-20-6-5-15(23)8-18(20)25/h5-9,11,13H,10,12H2,1-4H3,(H,27,29)/b26-11+. The minimum absolute atomic E-state index is 0.0618. The number of amides is 1. The second kappa shape index (κ2) is 9.04. The van der Waals surface area contributed by atoms with E-state index in [1.165, 1.54) is 5.56 Å². The smallest absolute Gasteiger partial charge is 0.277 e. The number of anilines is 1. The number of carbonyl (C=O) groups is 1. The molecular formula is C22H24Cl3N3O2. The first-order valence-electron chi connectivity index (χ1n) is 9.55. The highest BCUT2D eigenvalue weighted by Gasteiger charge is 2.34. The molecule has 0 saturated carbocycles. The average molecular weight is 469 g/mol. The number of hydrogen-bond acceptors (Lipinski definition) is 4. The lowest BCUT2D eigenvalue weighted by molar-refractivity contribution is -0.123. The number of rotatable bonds is 5. The molecule has 0 radical (unpaired) electrons. The van der Waals surface area contributed by atoms with E-state index in [1.54, 1.807) is 24.4 Å². The van der Waals surface area contributed by atoms with E-state index >= 15 is 0 Å². The highest BCUT2D eigenvalue weighted by atomic mass is 35.5. The van der Waals surface area contributed by atoms with Gasteiger partial charge in [-0.15, -0.1) is 0 Å². The molecular weight excluding hydrogens is 445 g/mol. The second-order valence-corrected chi connectivity index (χ2v) is 9.32. The van der Waals surface area contributed by atoms with E-state index in [0.29, 0.717) is 26.7 Å². The number of halogens is 3. The monoisotopic (exact) mass is 467 g/mol. The van der Waals surface area contributed by atoms with Gasteiger partial charge in [0.15, 0.2) is 6.61 Å². The van der Waals surface area contributed by atoms with Crippen LogP contribution < -0.4 is 15.1 Å². The van der Waals surface area contributed by atoms with Gasteiger partial charge in [0.1, 0.15) is 5.75 Å². The Kier molecular flexibility index (Phi) is 6.85. The van der Waals surface area contributed by atoms with Crippen LogP contribution in [0.15, 0.2) is 35.4 Å². The zero-order valence-electron chi connectivity index (χ0n) is 17.3. The summed E-state index contributed by atoms with van der Waals surface area (Å²) >= 11 is 18.3. The predicted molar refractivity (Wildman–Crippen MR) is 125 cm³/mol. The molecule has 3 rings (SSSR count). The fourth-order valence-corrected chi connectivity index (χ4v) is 4.31. The number of nitrogens with one attached hydrogen (secondary N) is 1. The lowest BCUT2D eigenvalue weighted by Crippen LogP contribution is -2.45. The molecule has 0 saturated heterocycles. The van der Waals surface area contributed by atoms with E-state index in [9.17, 15) is 4.79 Å². The Balaban J connectivity index is 1.65. The van der Waals surface area contributed by atoms with Crippen LogP contribution in [-0.4, -0.2) is 31.3 Å². The van der Waals surface area contributed by atoms with Crippen molar-refractivity contribution in [2.75, 3.05) is 18.6 Å². The van der Waals surface area contributed by atoms with E-state index in [-0.39, 0.29) is 12.1 Å². The Morgan fingerprint density at radius 3 is 2.70 bits per heavy atom. The number of hydrogen-bond donors (Lipinski definition) is 1. The molecule has 0 fully saturated rings. The Morgan fingerprint density at radius 1 is 1.27 bits per heavy atom. The van der Waals surface area contributed by atoms with Crippen LogP contribution in [0.25, 0.3) is 0 Å². The third-order valence-electron chi connectivity index (χ3n) is 5.40. The largest absolute Gasteiger partial charge is 0.482 e. The molecule has 1 N–H and O–H groups in total. The predicted octanol–water partition coefficient (Wildman–Crippen LogP) is 5.90. The van der Waals surface area contributed by atoms with E-state index in [2.05, 4.69) is 43.2 Å². The molecule has 1 unspecified atom stereocenters. The number of ether oxygens (including phenoxy) is 1. The van der Waals surface area contributed by atoms with Gasteiger partial charge in [-0.2, -0.15) is 5.10 Å². The maximum absolute atomic E-state index is 12.0. The third-order valence-corrected chi connectivity index (χ3v) is 6.26. The fourth-order valence-electron chi connectivity index (χ4n) is 3.65. The molecule has 8 heteroatoms. The van der Waals surface area contributed by atoms with Crippen LogP contribution in [0.1, 0.15) is 44.2 Å². The molecule has 0 aromatic heterocycles. The van der Waals surface area contributed by atoms with Gasteiger partial charge in [-0.1, -0.05) is 41.7 Å². The lowest BCUT2D eigenvalue weighted by Gasteiger charge is -2.45. The van der Waals surface area contributed by atoms with Crippen molar-refractivity contribution in [1.29, 1.82) is 0 Å². The van der Waals surface area contributed by atoms with Gasteiger partial charge in [0.2, 0.25) is 0 Å². The summed E-state index contributed by atoms with van der Waals surface area (Å²) in [5, 5.41) is 5.42. The number of nitrogens with zero attached hydrogens (tertiary/aromatic N) is 2. The van der Waals surface area contributed by atoms with Crippen LogP contribution in [0, 0.1) is 0 Å². The molecule has 160 valence electrons. The molecule has 1 heterocycles. The van der Waals surface area contributed by atoms with Crippen molar-refractivity contribution in [3.63, 3.8) is 0 Å². The fraction of sp³-hybridized carbons (Fsp3) is 0.364. The quantitative estimate of drug-likeness (QED) is 0.439. The van der Waals surface area contributed by atoms with E-state index in [1.807, 2.05) is 12.1 Å². The number of benzene rings is 2. The molecule has 2 aromatic rings. The van der Waals surface area contributed by atoms with Crippen LogP contribution in [0.3, 0.4) is 0 Å². The maximum atomic E-state index is 12.0. The van der Waals surface area contributed by atoms with Crippen LogP contribution in [0.5, 0.6) is 5.75 Å². The van der Waals surface area contributed by atoms with E-state index < -0.39 is 5.91 Å². The second-order valence-electron chi connectivity index (χ2n) is 8.07. The van der Waals surface area contributed by atoms with E-state index in [0.717, 1.165) is 17.7 Å². The Labute approximate surface area is 191 Å². The molecule has 1 atom stereocenters. The van der Waals surface area contributed by atoms with Crippen LogP contribution in [0.2, 0.25) is 15.1 Å². The zero-order chi connectivity index (χ0) is 22.1. The zero-order valence-corrected chi connectivity index (χ0v) is 19.6. The van der Waals surface area contributed by atoms with Gasteiger partial charge >= 0.3 is 0 Å². The van der Waals surface area contributed by atoms with Crippen LogP contribution in [0.4, 0.5) is 5.69 Å². The van der Waals surface area contributed by atoms with E-state index in [4.69, 9.17) is 39.5 Å². The minimum atomic E-state index is -0.416. The topological polar surface area (TPSA) is 53.9 Å². The van der Waals surface area contributed by atoms with Crippen molar-refractivity contribution < 1.29 is 9.53 Å². The van der Waals surface area contributed by atoms with Crippen molar-refractivity contribution in [3.8, 4) is 5.75 Å². The first kappa shape index (κ1) is 22.7. The van der Waals surface area contributed by atoms with Crippen molar-refractivity contribution in [2.24, 2.45) is 5.10 Å². The summed E-state index contributed by atoms with van der Waals surface area (Å²) < 4.78 is 5.39. The summed E-state index contributed by atoms with van der Waals surface area (Å²) in [6.07, 6.45) is 2.58. The first-order chi connectivity index (χ1) is 14.1. The minimum Gasteiger partial charge on any atom is -0.482 e. The average Bonchev–Trinajstić information content (AvgIpc) is 2.66. The molecule has 1 aliphatic heterocycles.